The monoisotopic (exact) mass is 718 g/mol. The van der Waals surface area contributed by atoms with Crippen LogP contribution < -0.4 is 5.32 Å². The molecule has 0 saturated carbocycles. The Morgan fingerprint density at radius 2 is 1.24 bits per heavy atom. The minimum absolute atomic E-state index is 0.0190. The third-order valence-electron chi connectivity index (χ3n) is 8.78. The van der Waals surface area contributed by atoms with Gasteiger partial charge in [-0.3, -0.25) is 13.8 Å². The third-order valence-corrected chi connectivity index (χ3v) is 9.76. The molecule has 4 unspecified atom stereocenters. The van der Waals surface area contributed by atoms with Gasteiger partial charge in [-0.15, -0.1) is 0 Å². The van der Waals surface area contributed by atoms with Crippen LogP contribution >= 0.6 is 7.82 Å². The van der Waals surface area contributed by atoms with E-state index in [1.807, 2.05) is 21.1 Å². The molecule has 290 valence electrons. The highest BCUT2D eigenvalue weighted by Gasteiger charge is 2.31. The molecule has 0 heterocycles. The summed E-state index contributed by atoms with van der Waals surface area (Å²) in [6.07, 6.45) is 30.9. The summed E-state index contributed by atoms with van der Waals surface area (Å²) >= 11 is 0. The standard InChI is InChI=1S/C39H77N2O7P/c1-6-8-10-12-14-16-18-20-22-24-26-28-30-32-38(43)40-36(35-48-49(45,46)47-34-33-41(3,4)5)39(44)37(42)31-29-27-25-23-21-19-17-15-13-11-9-7-2/h10,12,16,18,36-37,39,42,44H,6-9,11,13-15,17,19-35H2,1-5H3,(H-,40,43,45,46)/p+1/b12-10-,18-16-. The molecular weight excluding hydrogens is 639 g/mol. The van der Waals surface area contributed by atoms with Crippen LogP contribution in [0.15, 0.2) is 24.3 Å². The number of carbonyl (C=O) groups excluding carboxylic acids is 1. The fourth-order valence-electron chi connectivity index (χ4n) is 5.53. The zero-order chi connectivity index (χ0) is 36.6. The fraction of sp³-hybridized carbons (Fsp3) is 0.872. The first-order valence-electron chi connectivity index (χ1n) is 19.8. The molecule has 0 spiro atoms. The van der Waals surface area contributed by atoms with Crippen LogP contribution in [0.25, 0.3) is 0 Å². The summed E-state index contributed by atoms with van der Waals surface area (Å²) in [7, 11) is 1.42. The van der Waals surface area contributed by atoms with E-state index in [-0.39, 0.29) is 18.9 Å². The quantitative estimate of drug-likeness (QED) is 0.0223. The van der Waals surface area contributed by atoms with Crippen molar-refractivity contribution in [2.24, 2.45) is 0 Å². The number of likely N-dealkylation sites (N-methyl/N-ethyl adjacent to an activating group) is 1. The molecule has 0 radical (unpaired) electrons. The summed E-state index contributed by atoms with van der Waals surface area (Å²) in [4.78, 5) is 23.0. The molecule has 10 heteroatoms. The Morgan fingerprint density at radius 3 is 1.82 bits per heavy atom. The van der Waals surface area contributed by atoms with E-state index in [4.69, 9.17) is 9.05 Å². The van der Waals surface area contributed by atoms with Gasteiger partial charge >= 0.3 is 7.82 Å². The molecule has 0 aromatic rings. The first-order chi connectivity index (χ1) is 23.4. The molecule has 0 bridgehead atoms. The number of rotatable bonds is 35. The van der Waals surface area contributed by atoms with Gasteiger partial charge in [0.25, 0.3) is 0 Å². The molecular formula is C39H78N2O7P+. The van der Waals surface area contributed by atoms with Crippen LogP contribution in [0.4, 0.5) is 0 Å². The fourth-order valence-corrected chi connectivity index (χ4v) is 6.27. The van der Waals surface area contributed by atoms with Gasteiger partial charge in [-0.25, -0.2) is 4.57 Å². The number of aliphatic hydroxyl groups is 2. The Balaban J connectivity index is 4.63. The van der Waals surface area contributed by atoms with Crippen molar-refractivity contribution in [1.29, 1.82) is 0 Å². The highest BCUT2D eigenvalue weighted by molar-refractivity contribution is 7.47. The summed E-state index contributed by atoms with van der Waals surface area (Å²) in [5.74, 6) is -0.275. The number of unbranched alkanes of at least 4 members (excludes halogenated alkanes) is 17. The minimum atomic E-state index is -4.41. The molecule has 0 fully saturated rings. The van der Waals surface area contributed by atoms with E-state index in [1.54, 1.807) is 0 Å². The molecule has 9 nitrogen and oxygen atoms in total. The van der Waals surface area contributed by atoms with Crippen LogP contribution in [-0.2, 0) is 18.4 Å². The van der Waals surface area contributed by atoms with Crippen LogP contribution in [0, 0.1) is 0 Å². The van der Waals surface area contributed by atoms with E-state index >= 15 is 0 Å². The van der Waals surface area contributed by atoms with Crippen LogP contribution in [0.2, 0.25) is 0 Å². The maximum absolute atomic E-state index is 12.8. The molecule has 0 rings (SSSR count). The van der Waals surface area contributed by atoms with Crippen molar-refractivity contribution in [2.75, 3.05) is 40.9 Å². The minimum Gasteiger partial charge on any atom is -0.390 e. The van der Waals surface area contributed by atoms with Gasteiger partial charge in [0.2, 0.25) is 5.91 Å². The average molecular weight is 718 g/mol. The molecule has 0 aliphatic rings. The van der Waals surface area contributed by atoms with Gasteiger partial charge in [-0.2, -0.15) is 0 Å². The third kappa shape index (κ3) is 32.6. The Morgan fingerprint density at radius 1 is 0.714 bits per heavy atom. The first-order valence-corrected chi connectivity index (χ1v) is 21.3. The number of phosphoric ester groups is 1. The lowest BCUT2D eigenvalue weighted by Crippen LogP contribution is -2.51. The Hall–Kier alpha value is -1.06. The van der Waals surface area contributed by atoms with Gasteiger partial charge in [0.15, 0.2) is 0 Å². The van der Waals surface area contributed by atoms with E-state index in [0.29, 0.717) is 23.9 Å². The number of hydrogen-bond acceptors (Lipinski definition) is 6. The average Bonchev–Trinajstić information content (AvgIpc) is 3.04. The zero-order valence-corrected chi connectivity index (χ0v) is 33.2. The number of nitrogens with zero attached hydrogens (tertiary/aromatic N) is 1. The molecule has 0 aromatic heterocycles. The van der Waals surface area contributed by atoms with E-state index < -0.39 is 32.7 Å². The summed E-state index contributed by atoms with van der Waals surface area (Å²) in [5.41, 5.74) is 0. The highest BCUT2D eigenvalue weighted by atomic mass is 31.2. The number of allylic oxidation sites excluding steroid dienone is 4. The van der Waals surface area contributed by atoms with Gasteiger partial charge in [0.05, 0.1) is 39.9 Å². The van der Waals surface area contributed by atoms with Crippen molar-refractivity contribution >= 4 is 13.7 Å². The lowest BCUT2D eigenvalue weighted by molar-refractivity contribution is -0.870. The number of hydrogen-bond donors (Lipinski definition) is 4. The van der Waals surface area contributed by atoms with E-state index in [0.717, 1.165) is 64.2 Å². The van der Waals surface area contributed by atoms with E-state index in [1.165, 1.54) is 64.2 Å². The largest absolute Gasteiger partial charge is 0.472 e. The molecule has 4 atom stereocenters. The normalized spacial score (nSPS) is 15.5. The molecule has 0 aromatic carbocycles. The van der Waals surface area contributed by atoms with Crippen molar-refractivity contribution in [2.45, 2.75) is 180 Å². The Kier molecular flexibility index (Phi) is 31.0. The Labute approximate surface area is 301 Å². The van der Waals surface area contributed by atoms with Gasteiger partial charge in [0, 0.05) is 6.42 Å². The lowest BCUT2D eigenvalue weighted by atomic mass is 9.99. The topological polar surface area (TPSA) is 125 Å². The second-order valence-electron chi connectivity index (χ2n) is 14.8. The molecule has 0 aliphatic carbocycles. The molecule has 0 aliphatic heterocycles. The van der Waals surface area contributed by atoms with Crippen molar-refractivity contribution in [3.8, 4) is 0 Å². The zero-order valence-electron chi connectivity index (χ0n) is 32.3. The number of phosphoric acid groups is 1. The van der Waals surface area contributed by atoms with Crippen molar-refractivity contribution in [1.82, 2.24) is 5.32 Å². The van der Waals surface area contributed by atoms with Gasteiger partial charge in [0.1, 0.15) is 19.3 Å². The van der Waals surface area contributed by atoms with Crippen LogP contribution in [-0.4, -0.2) is 84.6 Å². The summed E-state index contributed by atoms with van der Waals surface area (Å²) in [6.45, 7) is 4.50. The van der Waals surface area contributed by atoms with E-state index in [9.17, 15) is 24.5 Å². The maximum Gasteiger partial charge on any atom is 0.472 e. The predicted molar refractivity (Wildman–Crippen MR) is 204 cm³/mol. The number of aliphatic hydroxyl groups excluding tert-OH is 2. The maximum atomic E-state index is 12.8. The van der Waals surface area contributed by atoms with Crippen molar-refractivity contribution < 1.29 is 38.0 Å². The molecule has 1 amide bonds. The van der Waals surface area contributed by atoms with Crippen LogP contribution in [0.5, 0.6) is 0 Å². The number of nitrogens with one attached hydrogen (secondary N) is 1. The van der Waals surface area contributed by atoms with Crippen molar-refractivity contribution in [3.63, 3.8) is 0 Å². The second kappa shape index (κ2) is 31.7. The molecule has 0 saturated heterocycles. The number of amides is 1. The summed E-state index contributed by atoms with van der Waals surface area (Å²) in [5, 5.41) is 24.6. The number of carbonyl (C=O) groups is 1. The van der Waals surface area contributed by atoms with E-state index in [2.05, 4.69) is 43.5 Å². The lowest BCUT2D eigenvalue weighted by Gasteiger charge is -2.28. The summed E-state index contributed by atoms with van der Waals surface area (Å²) in [6, 6.07) is -1.04. The highest BCUT2D eigenvalue weighted by Crippen LogP contribution is 2.43. The SMILES string of the molecule is CCC/C=C\C/C=C\CCCCCCCC(=O)NC(COP(=O)(O)OCC[N+](C)(C)C)C(O)C(O)CCCCCCCCCCCCCC. The van der Waals surface area contributed by atoms with Crippen LogP contribution in [0.3, 0.4) is 0 Å². The summed E-state index contributed by atoms with van der Waals surface area (Å²) < 4.78 is 23.4. The van der Waals surface area contributed by atoms with Gasteiger partial charge in [-0.05, 0) is 38.5 Å². The number of quaternary nitrogens is 1. The molecule has 49 heavy (non-hydrogen) atoms. The predicted octanol–water partition coefficient (Wildman–Crippen LogP) is 9.16. The smallest absolute Gasteiger partial charge is 0.390 e. The van der Waals surface area contributed by atoms with Gasteiger partial charge in [-0.1, -0.05) is 141 Å². The first kappa shape index (κ1) is 47.9. The van der Waals surface area contributed by atoms with Crippen molar-refractivity contribution in [3.05, 3.63) is 24.3 Å². The Bertz CT molecular complexity index is 878. The van der Waals surface area contributed by atoms with Gasteiger partial charge < -0.3 is 24.9 Å². The van der Waals surface area contributed by atoms with Crippen LogP contribution in [0.1, 0.15) is 162 Å². The molecule has 4 N–H and O–H groups in total. The second-order valence-corrected chi connectivity index (χ2v) is 16.2.